The normalized spacial score (nSPS) is 14.2. The Morgan fingerprint density at radius 3 is 2.38 bits per heavy atom. The summed E-state index contributed by atoms with van der Waals surface area (Å²) < 4.78 is 17.1. The van der Waals surface area contributed by atoms with Crippen molar-refractivity contribution >= 4 is 13.9 Å². The third kappa shape index (κ3) is 11.6. The van der Waals surface area contributed by atoms with Gasteiger partial charge in [-0.05, 0) is 25.0 Å². The maximum Gasteiger partial charge on any atom is 0.147 e. The number of benzene rings is 1. The number of carbonyl (C=O) groups is 1. The van der Waals surface area contributed by atoms with Crippen molar-refractivity contribution in [1.29, 1.82) is 0 Å². The van der Waals surface area contributed by atoms with Gasteiger partial charge in [0.2, 0.25) is 0 Å². The van der Waals surface area contributed by atoms with Crippen LogP contribution in [-0.4, -0.2) is 39.5 Å². The summed E-state index contributed by atoms with van der Waals surface area (Å²) in [5, 5.41) is 0. The third-order valence-corrected chi connectivity index (χ3v) is 5.89. The van der Waals surface area contributed by atoms with Crippen molar-refractivity contribution < 1.29 is 19.0 Å². The lowest BCUT2D eigenvalue weighted by Crippen LogP contribution is -2.24. The Bertz CT molecular complexity index is 498. The summed E-state index contributed by atoms with van der Waals surface area (Å²) in [7, 11) is -1.07. The summed E-state index contributed by atoms with van der Waals surface area (Å²) >= 11 is 0. The van der Waals surface area contributed by atoms with Gasteiger partial charge in [-0.1, -0.05) is 56.9 Å². The van der Waals surface area contributed by atoms with Crippen molar-refractivity contribution in [2.45, 2.75) is 77.6 Å². The predicted octanol–water partition coefficient (Wildman–Crippen LogP) is 5.05. The van der Waals surface area contributed by atoms with Gasteiger partial charge in [-0.3, -0.25) is 4.79 Å². The number of Topliss-reactive ketones (excluding diaryl/α,β-unsaturated/α-hetero) is 1. The van der Waals surface area contributed by atoms with Gasteiger partial charge < -0.3 is 14.2 Å². The molecule has 5 heteroatoms. The van der Waals surface area contributed by atoms with Crippen molar-refractivity contribution in [2.24, 2.45) is 0 Å². The fourth-order valence-electron chi connectivity index (χ4n) is 2.43. The van der Waals surface area contributed by atoms with Gasteiger partial charge in [0.15, 0.2) is 0 Å². The SMILES string of the molecule is CC[C@@H](CC(=O)C[C@H](C)OCc1ccccc1)OCOCC[Si](C)(C)C. The molecule has 0 aliphatic carbocycles. The Morgan fingerprint density at radius 2 is 1.77 bits per heavy atom. The first-order valence-electron chi connectivity index (χ1n) is 9.66. The van der Waals surface area contributed by atoms with Crippen molar-refractivity contribution in [3.63, 3.8) is 0 Å². The summed E-state index contributed by atoms with van der Waals surface area (Å²) in [6.45, 7) is 12.5. The predicted molar refractivity (Wildman–Crippen MR) is 109 cm³/mol. The second-order valence-corrected chi connectivity index (χ2v) is 13.7. The van der Waals surface area contributed by atoms with Gasteiger partial charge in [0.1, 0.15) is 12.6 Å². The first-order chi connectivity index (χ1) is 12.3. The molecule has 0 fully saturated rings. The Labute approximate surface area is 160 Å². The second kappa shape index (κ2) is 12.4. The smallest absolute Gasteiger partial charge is 0.147 e. The molecule has 148 valence electrons. The number of hydrogen-bond acceptors (Lipinski definition) is 4. The highest BCUT2D eigenvalue weighted by molar-refractivity contribution is 6.76. The van der Waals surface area contributed by atoms with E-state index in [1.165, 1.54) is 0 Å². The first-order valence-corrected chi connectivity index (χ1v) is 13.4. The van der Waals surface area contributed by atoms with Crippen LogP contribution in [0.25, 0.3) is 0 Å². The molecule has 0 amide bonds. The zero-order chi connectivity index (χ0) is 19.4. The summed E-state index contributed by atoms with van der Waals surface area (Å²) in [4.78, 5) is 12.3. The first kappa shape index (κ1) is 23.0. The summed E-state index contributed by atoms with van der Waals surface area (Å²) in [5.41, 5.74) is 1.12. The van der Waals surface area contributed by atoms with E-state index in [1.54, 1.807) is 0 Å². The number of ketones is 1. The third-order valence-electron chi connectivity index (χ3n) is 4.19. The fourth-order valence-corrected chi connectivity index (χ4v) is 3.19. The van der Waals surface area contributed by atoms with Crippen LogP contribution >= 0.6 is 0 Å². The molecule has 0 saturated heterocycles. The molecule has 0 aliphatic heterocycles. The van der Waals surface area contributed by atoms with E-state index in [-0.39, 0.29) is 24.8 Å². The van der Waals surface area contributed by atoms with Crippen LogP contribution in [-0.2, 0) is 25.6 Å². The van der Waals surface area contributed by atoms with E-state index >= 15 is 0 Å². The quantitative estimate of drug-likeness (QED) is 0.257. The molecule has 0 heterocycles. The van der Waals surface area contributed by atoms with E-state index in [2.05, 4.69) is 19.6 Å². The largest absolute Gasteiger partial charge is 0.373 e. The van der Waals surface area contributed by atoms with Crippen LogP contribution in [0.5, 0.6) is 0 Å². The minimum atomic E-state index is -1.07. The number of rotatable bonds is 14. The van der Waals surface area contributed by atoms with Crippen LogP contribution in [0.1, 0.15) is 38.7 Å². The highest BCUT2D eigenvalue weighted by atomic mass is 28.3. The van der Waals surface area contributed by atoms with E-state index in [4.69, 9.17) is 14.2 Å². The van der Waals surface area contributed by atoms with E-state index in [0.29, 0.717) is 19.4 Å². The number of hydrogen-bond donors (Lipinski definition) is 0. The van der Waals surface area contributed by atoms with Crippen LogP contribution in [0.2, 0.25) is 25.7 Å². The highest BCUT2D eigenvalue weighted by Crippen LogP contribution is 2.12. The van der Waals surface area contributed by atoms with Crippen molar-refractivity contribution in [1.82, 2.24) is 0 Å². The Balaban J connectivity index is 2.20. The average molecular weight is 381 g/mol. The van der Waals surface area contributed by atoms with Gasteiger partial charge in [-0.25, -0.2) is 0 Å². The molecule has 0 spiro atoms. The van der Waals surface area contributed by atoms with Crippen LogP contribution < -0.4 is 0 Å². The van der Waals surface area contributed by atoms with Gasteiger partial charge in [-0.15, -0.1) is 0 Å². The lowest BCUT2D eigenvalue weighted by atomic mass is 10.1. The van der Waals surface area contributed by atoms with Crippen LogP contribution in [0.4, 0.5) is 0 Å². The molecule has 0 bridgehead atoms. The molecule has 26 heavy (non-hydrogen) atoms. The molecular weight excluding hydrogens is 344 g/mol. The molecule has 0 saturated carbocycles. The Hall–Kier alpha value is -1.01. The van der Waals surface area contributed by atoms with Gasteiger partial charge in [0.05, 0.1) is 18.8 Å². The van der Waals surface area contributed by atoms with Crippen molar-refractivity contribution in [2.75, 3.05) is 13.4 Å². The summed E-state index contributed by atoms with van der Waals surface area (Å²) in [6, 6.07) is 11.1. The van der Waals surface area contributed by atoms with E-state index in [1.807, 2.05) is 44.2 Å². The molecule has 4 nitrogen and oxygen atoms in total. The van der Waals surface area contributed by atoms with E-state index in [9.17, 15) is 4.79 Å². The maximum absolute atomic E-state index is 12.3. The second-order valence-electron chi connectivity index (χ2n) is 8.09. The molecule has 0 N–H and O–H groups in total. The average Bonchev–Trinajstić information content (AvgIpc) is 2.58. The van der Waals surface area contributed by atoms with E-state index in [0.717, 1.165) is 24.6 Å². The molecular formula is C21H36O4Si. The van der Waals surface area contributed by atoms with Gasteiger partial charge >= 0.3 is 0 Å². The zero-order valence-electron chi connectivity index (χ0n) is 17.1. The Morgan fingerprint density at radius 1 is 1.08 bits per heavy atom. The summed E-state index contributed by atoms with van der Waals surface area (Å²) in [6.07, 6.45) is 1.49. The van der Waals surface area contributed by atoms with Crippen LogP contribution in [0, 0.1) is 0 Å². The lowest BCUT2D eigenvalue weighted by Gasteiger charge is -2.19. The van der Waals surface area contributed by atoms with E-state index < -0.39 is 8.07 Å². The minimum Gasteiger partial charge on any atom is -0.373 e. The maximum atomic E-state index is 12.3. The van der Waals surface area contributed by atoms with Crippen LogP contribution in [0.15, 0.2) is 30.3 Å². The van der Waals surface area contributed by atoms with Gasteiger partial charge in [-0.2, -0.15) is 0 Å². The fraction of sp³-hybridized carbons (Fsp3) is 0.667. The number of ether oxygens (including phenoxy) is 3. The lowest BCUT2D eigenvalue weighted by molar-refractivity contribution is -0.129. The molecule has 1 aromatic rings. The molecule has 0 unspecified atom stereocenters. The summed E-state index contributed by atoms with van der Waals surface area (Å²) in [5.74, 6) is 0.180. The molecule has 0 radical (unpaired) electrons. The van der Waals surface area contributed by atoms with Crippen molar-refractivity contribution in [3.8, 4) is 0 Å². The minimum absolute atomic E-state index is 0.0734. The topological polar surface area (TPSA) is 44.8 Å². The Kier molecular flexibility index (Phi) is 11.0. The molecule has 1 aromatic carbocycles. The van der Waals surface area contributed by atoms with Crippen molar-refractivity contribution in [3.05, 3.63) is 35.9 Å². The molecule has 0 aromatic heterocycles. The monoisotopic (exact) mass is 380 g/mol. The van der Waals surface area contributed by atoms with Gasteiger partial charge in [0, 0.05) is 27.5 Å². The van der Waals surface area contributed by atoms with Gasteiger partial charge in [0.25, 0.3) is 0 Å². The number of carbonyl (C=O) groups excluding carboxylic acids is 1. The molecule has 0 aliphatic rings. The van der Waals surface area contributed by atoms with Crippen LogP contribution in [0.3, 0.4) is 0 Å². The zero-order valence-corrected chi connectivity index (χ0v) is 18.1. The highest BCUT2D eigenvalue weighted by Gasteiger charge is 2.16. The standard InChI is InChI=1S/C21H36O4Si/c1-6-21(25-17-23-12-13-26(3,4)5)15-20(22)14-18(2)24-16-19-10-8-7-9-11-19/h7-11,18,21H,6,12-17H2,1-5H3/t18-,21-/m0/s1. The molecule has 2 atom stereocenters. The molecule has 1 rings (SSSR count).